The Bertz CT molecular complexity index is 871. The molecule has 1 heterocycles. The summed E-state index contributed by atoms with van der Waals surface area (Å²) in [5.41, 5.74) is 4.92. The van der Waals surface area contributed by atoms with Gasteiger partial charge in [0.1, 0.15) is 5.71 Å². The SMILES string of the molecule is Cc1ccc(NC(=O)C2=NN(c3ccccc3C)C(=O)CC2)c(C)c1. The first-order valence-electron chi connectivity index (χ1n) is 8.30. The minimum absolute atomic E-state index is 0.0997. The van der Waals surface area contributed by atoms with Crippen molar-refractivity contribution in [3.05, 3.63) is 59.2 Å². The molecule has 1 N–H and O–H groups in total. The summed E-state index contributed by atoms with van der Waals surface area (Å²) in [6.07, 6.45) is 0.616. The Morgan fingerprint density at radius 2 is 1.80 bits per heavy atom. The summed E-state index contributed by atoms with van der Waals surface area (Å²) in [6, 6.07) is 13.4. The molecule has 0 saturated heterocycles. The summed E-state index contributed by atoms with van der Waals surface area (Å²) in [5, 5.41) is 8.57. The highest BCUT2D eigenvalue weighted by Crippen LogP contribution is 2.24. The number of hydrogen-bond donors (Lipinski definition) is 1. The highest BCUT2D eigenvalue weighted by molar-refractivity contribution is 6.44. The Morgan fingerprint density at radius 1 is 1.04 bits per heavy atom. The van der Waals surface area contributed by atoms with E-state index in [2.05, 4.69) is 10.4 Å². The summed E-state index contributed by atoms with van der Waals surface area (Å²) >= 11 is 0. The Hall–Kier alpha value is -2.95. The second-order valence-corrected chi connectivity index (χ2v) is 6.31. The van der Waals surface area contributed by atoms with Crippen molar-refractivity contribution in [3.8, 4) is 0 Å². The second-order valence-electron chi connectivity index (χ2n) is 6.31. The number of aryl methyl sites for hydroxylation is 3. The Morgan fingerprint density at radius 3 is 2.52 bits per heavy atom. The van der Waals surface area contributed by atoms with E-state index in [0.717, 1.165) is 22.4 Å². The summed E-state index contributed by atoms with van der Waals surface area (Å²) in [6.45, 7) is 5.88. The van der Waals surface area contributed by atoms with Gasteiger partial charge in [-0.25, -0.2) is 5.01 Å². The lowest BCUT2D eigenvalue weighted by molar-refractivity contribution is -0.118. The van der Waals surface area contributed by atoms with Gasteiger partial charge < -0.3 is 5.32 Å². The quantitative estimate of drug-likeness (QED) is 0.929. The van der Waals surface area contributed by atoms with Crippen LogP contribution in [0.3, 0.4) is 0 Å². The third-order valence-corrected chi connectivity index (χ3v) is 4.27. The number of anilines is 2. The zero-order valence-electron chi connectivity index (χ0n) is 14.7. The van der Waals surface area contributed by atoms with Crippen LogP contribution in [0, 0.1) is 20.8 Å². The number of carbonyl (C=O) groups is 2. The minimum atomic E-state index is -0.266. The number of nitrogens with one attached hydrogen (secondary N) is 1. The number of nitrogens with zero attached hydrogens (tertiary/aromatic N) is 2. The number of rotatable bonds is 3. The number of para-hydroxylation sites is 1. The van der Waals surface area contributed by atoms with E-state index in [0.29, 0.717) is 17.8 Å². The maximum Gasteiger partial charge on any atom is 0.271 e. The molecule has 1 aliphatic rings. The van der Waals surface area contributed by atoms with E-state index < -0.39 is 0 Å². The van der Waals surface area contributed by atoms with Crippen molar-refractivity contribution in [2.45, 2.75) is 33.6 Å². The van der Waals surface area contributed by atoms with Crippen molar-refractivity contribution in [2.75, 3.05) is 10.3 Å². The van der Waals surface area contributed by atoms with Crippen LogP contribution in [-0.2, 0) is 9.59 Å². The standard InChI is InChI=1S/C20H21N3O2/c1-13-8-9-16(15(3)12-13)21-20(25)17-10-11-19(24)23(22-17)18-7-5-4-6-14(18)2/h4-9,12H,10-11H2,1-3H3,(H,21,25). The third-order valence-electron chi connectivity index (χ3n) is 4.27. The van der Waals surface area contributed by atoms with Crippen LogP contribution in [0.5, 0.6) is 0 Å². The van der Waals surface area contributed by atoms with Crippen molar-refractivity contribution in [2.24, 2.45) is 5.10 Å². The van der Waals surface area contributed by atoms with Crippen LogP contribution in [0.15, 0.2) is 47.6 Å². The molecule has 2 aromatic rings. The molecule has 0 bridgehead atoms. The van der Waals surface area contributed by atoms with Crippen LogP contribution in [0.25, 0.3) is 0 Å². The average molecular weight is 335 g/mol. The molecule has 1 aliphatic heterocycles. The molecule has 0 radical (unpaired) electrons. The second kappa shape index (κ2) is 6.89. The molecule has 0 saturated carbocycles. The number of carbonyl (C=O) groups excluding carboxylic acids is 2. The highest BCUT2D eigenvalue weighted by Gasteiger charge is 2.26. The van der Waals surface area contributed by atoms with Gasteiger partial charge in [0.05, 0.1) is 5.69 Å². The molecule has 0 spiro atoms. The van der Waals surface area contributed by atoms with Crippen LogP contribution in [0.4, 0.5) is 11.4 Å². The lowest BCUT2D eigenvalue weighted by Crippen LogP contribution is -2.36. The molecule has 0 aliphatic carbocycles. The molecular weight excluding hydrogens is 314 g/mol. The molecule has 3 rings (SSSR count). The Balaban J connectivity index is 1.86. The number of hydrogen-bond acceptors (Lipinski definition) is 3. The normalized spacial score (nSPS) is 14.3. The van der Waals surface area contributed by atoms with Crippen molar-refractivity contribution in [1.29, 1.82) is 0 Å². The molecular formula is C20H21N3O2. The Kier molecular flexibility index (Phi) is 4.65. The lowest BCUT2D eigenvalue weighted by Gasteiger charge is -2.24. The maximum absolute atomic E-state index is 12.6. The molecule has 0 atom stereocenters. The zero-order chi connectivity index (χ0) is 18.0. The summed E-state index contributed by atoms with van der Waals surface area (Å²) in [4.78, 5) is 24.8. The van der Waals surface area contributed by atoms with Gasteiger partial charge in [0.15, 0.2) is 0 Å². The van der Waals surface area contributed by atoms with E-state index in [1.165, 1.54) is 5.01 Å². The summed E-state index contributed by atoms with van der Waals surface area (Å²) in [7, 11) is 0. The van der Waals surface area contributed by atoms with Crippen LogP contribution in [0.1, 0.15) is 29.5 Å². The van der Waals surface area contributed by atoms with Gasteiger partial charge in [-0.05, 0) is 44.0 Å². The number of amides is 2. The first kappa shape index (κ1) is 16.9. The fourth-order valence-electron chi connectivity index (χ4n) is 2.85. The molecule has 25 heavy (non-hydrogen) atoms. The monoisotopic (exact) mass is 335 g/mol. The van der Waals surface area contributed by atoms with Gasteiger partial charge in [-0.2, -0.15) is 5.10 Å². The van der Waals surface area contributed by atoms with Gasteiger partial charge in [-0.3, -0.25) is 9.59 Å². The molecule has 0 fully saturated rings. The van der Waals surface area contributed by atoms with Gasteiger partial charge in [0, 0.05) is 18.5 Å². The van der Waals surface area contributed by atoms with Gasteiger partial charge in [-0.15, -0.1) is 0 Å². The fourth-order valence-corrected chi connectivity index (χ4v) is 2.85. The smallest absolute Gasteiger partial charge is 0.271 e. The first-order valence-corrected chi connectivity index (χ1v) is 8.30. The van der Waals surface area contributed by atoms with E-state index in [4.69, 9.17) is 0 Å². The summed E-state index contributed by atoms with van der Waals surface area (Å²) < 4.78 is 0. The number of benzene rings is 2. The molecule has 0 unspecified atom stereocenters. The molecule has 5 nitrogen and oxygen atoms in total. The van der Waals surface area contributed by atoms with Crippen molar-refractivity contribution >= 4 is 28.9 Å². The lowest BCUT2D eigenvalue weighted by atomic mass is 10.1. The van der Waals surface area contributed by atoms with Crippen molar-refractivity contribution in [3.63, 3.8) is 0 Å². The van der Waals surface area contributed by atoms with Gasteiger partial charge in [-0.1, -0.05) is 35.9 Å². The van der Waals surface area contributed by atoms with Crippen LogP contribution >= 0.6 is 0 Å². The topological polar surface area (TPSA) is 61.8 Å². The largest absolute Gasteiger partial charge is 0.321 e. The third kappa shape index (κ3) is 3.60. The highest BCUT2D eigenvalue weighted by atomic mass is 16.2. The van der Waals surface area contributed by atoms with E-state index in [1.807, 2.05) is 63.2 Å². The van der Waals surface area contributed by atoms with Crippen molar-refractivity contribution in [1.82, 2.24) is 0 Å². The van der Waals surface area contributed by atoms with Gasteiger partial charge >= 0.3 is 0 Å². The van der Waals surface area contributed by atoms with E-state index in [1.54, 1.807) is 0 Å². The average Bonchev–Trinajstić information content (AvgIpc) is 2.58. The van der Waals surface area contributed by atoms with Crippen LogP contribution in [0.2, 0.25) is 0 Å². The van der Waals surface area contributed by atoms with Gasteiger partial charge in [0.25, 0.3) is 5.91 Å². The van der Waals surface area contributed by atoms with E-state index in [9.17, 15) is 9.59 Å². The predicted octanol–water partition coefficient (Wildman–Crippen LogP) is 3.73. The minimum Gasteiger partial charge on any atom is -0.321 e. The van der Waals surface area contributed by atoms with Crippen molar-refractivity contribution < 1.29 is 9.59 Å². The van der Waals surface area contributed by atoms with Crippen LogP contribution < -0.4 is 10.3 Å². The predicted molar refractivity (Wildman–Crippen MR) is 99.9 cm³/mol. The van der Waals surface area contributed by atoms with E-state index >= 15 is 0 Å². The first-order chi connectivity index (χ1) is 12.0. The van der Waals surface area contributed by atoms with Crippen LogP contribution in [-0.4, -0.2) is 17.5 Å². The van der Waals surface area contributed by atoms with E-state index in [-0.39, 0.29) is 18.2 Å². The van der Waals surface area contributed by atoms with Gasteiger partial charge in [0.2, 0.25) is 5.91 Å². The molecule has 0 aromatic heterocycles. The summed E-state index contributed by atoms with van der Waals surface area (Å²) in [5.74, 6) is -0.365. The fraction of sp³-hybridized carbons (Fsp3) is 0.250. The molecule has 2 amide bonds. The Labute approximate surface area is 147 Å². The molecule has 5 heteroatoms. The zero-order valence-corrected chi connectivity index (χ0v) is 14.7. The maximum atomic E-state index is 12.6. The molecule has 128 valence electrons. The molecule has 2 aromatic carbocycles. The number of hydrazone groups is 1.